The fourth-order valence-electron chi connectivity index (χ4n) is 1.50. The Labute approximate surface area is 116 Å². The highest BCUT2D eigenvalue weighted by molar-refractivity contribution is 5.96. The van der Waals surface area contributed by atoms with Crippen LogP contribution >= 0.6 is 0 Å². The number of esters is 1. The number of hydrogen-bond donors (Lipinski definition) is 3. The largest absolute Gasteiger partial charge is 0.461 e. The Morgan fingerprint density at radius 2 is 2.05 bits per heavy atom. The van der Waals surface area contributed by atoms with Crippen LogP contribution in [0.1, 0.15) is 17.4 Å². The van der Waals surface area contributed by atoms with Crippen molar-refractivity contribution in [2.75, 3.05) is 25.0 Å². The average Bonchev–Trinajstić information content (AvgIpc) is 2.77. The zero-order chi connectivity index (χ0) is 15.1. The van der Waals surface area contributed by atoms with Gasteiger partial charge in [-0.2, -0.15) is 0 Å². The average molecular weight is 282 g/mol. The van der Waals surface area contributed by atoms with Gasteiger partial charge in [0.1, 0.15) is 5.69 Å². The summed E-state index contributed by atoms with van der Waals surface area (Å²) in [5, 5.41) is 4.90. The minimum absolute atomic E-state index is 0.175. The molecule has 0 aliphatic heterocycles. The second-order valence-corrected chi connectivity index (χ2v) is 3.97. The highest BCUT2D eigenvalue weighted by Crippen LogP contribution is 2.13. The topological polar surface area (TPSA) is 115 Å². The van der Waals surface area contributed by atoms with Crippen LogP contribution in [-0.2, 0) is 21.4 Å². The quantitative estimate of drug-likeness (QED) is 0.592. The highest BCUT2D eigenvalue weighted by Gasteiger charge is 2.14. The van der Waals surface area contributed by atoms with Crippen molar-refractivity contribution in [2.45, 2.75) is 6.92 Å². The molecule has 2 amide bonds. The van der Waals surface area contributed by atoms with Crippen molar-refractivity contribution in [3.8, 4) is 0 Å². The summed E-state index contributed by atoms with van der Waals surface area (Å²) in [6, 6.07) is 1.50. The number of anilines is 1. The van der Waals surface area contributed by atoms with Crippen LogP contribution in [0.2, 0.25) is 0 Å². The molecule has 0 radical (unpaired) electrons. The van der Waals surface area contributed by atoms with Crippen molar-refractivity contribution in [2.24, 2.45) is 12.8 Å². The fraction of sp³-hybridized carbons (Fsp3) is 0.417. The zero-order valence-electron chi connectivity index (χ0n) is 11.4. The third-order valence-corrected chi connectivity index (χ3v) is 2.40. The van der Waals surface area contributed by atoms with Gasteiger partial charge < -0.3 is 25.7 Å². The second kappa shape index (κ2) is 7.29. The first kappa shape index (κ1) is 15.7. The lowest BCUT2D eigenvalue weighted by Gasteiger charge is -2.03. The van der Waals surface area contributed by atoms with Crippen molar-refractivity contribution in [3.63, 3.8) is 0 Å². The molecule has 0 saturated carbocycles. The van der Waals surface area contributed by atoms with Crippen LogP contribution in [0.5, 0.6) is 0 Å². The Kier molecular flexibility index (Phi) is 5.73. The van der Waals surface area contributed by atoms with E-state index in [2.05, 4.69) is 10.6 Å². The fourth-order valence-corrected chi connectivity index (χ4v) is 1.50. The lowest BCUT2D eigenvalue weighted by Crippen LogP contribution is -2.36. The number of nitrogens with zero attached hydrogens (tertiary/aromatic N) is 1. The van der Waals surface area contributed by atoms with Crippen LogP contribution in [0.15, 0.2) is 12.3 Å². The van der Waals surface area contributed by atoms with Crippen LogP contribution in [-0.4, -0.2) is 42.0 Å². The van der Waals surface area contributed by atoms with E-state index in [0.29, 0.717) is 11.4 Å². The Balaban J connectivity index is 2.60. The van der Waals surface area contributed by atoms with Crippen LogP contribution in [0.3, 0.4) is 0 Å². The van der Waals surface area contributed by atoms with Crippen LogP contribution in [0.4, 0.5) is 5.69 Å². The van der Waals surface area contributed by atoms with E-state index in [1.54, 1.807) is 24.7 Å². The van der Waals surface area contributed by atoms with E-state index in [4.69, 9.17) is 10.5 Å². The van der Waals surface area contributed by atoms with Crippen LogP contribution in [0, 0.1) is 0 Å². The standard InChI is InChI=1S/C12H18N4O4/c1-3-20-12(19)9-4-8(7-16(9)2)15-11(18)6-14-10(17)5-13/h4,7H,3,5-6,13H2,1-2H3,(H,14,17)(H,15,18). The Hall–Kier alpha value is -2.35. The van der Waals surface area contributed by atoms with E-state index in [1.807, 2.05) is 0 Å². The minimum Gasteiger partial charge on any atom is -0.461 e. The maximum atomic E-state index is 11.6. The molecule has 0 aromatic carbocycles. The number of aromatic nitrogens is 1. The van der Waals surface area contributed by atoms with Crippen molar-refractivity contribution >= 4 is 23.5 Å². The summed E-state index contributed by atoms with van der Waals surface area (Å²) < 4.78 is 6.42. The molecule has 1 rings (SSSR count). The first-order valence-electron chi connectivity index (χ1n) is 6.08. The van der Waals surface area contributed by atoms with E-state index in [9.17, 15) is 14.4 Å². The molecular weight excluding hydrogens is 264 g/mol. The Morgan fingerprint density at radius 1 is 1.35 bits per heavy atom. The monoisotopic (exact) mass is 282 g/mol. The molecule has 110 valence electrons. The molecule has 0 aliphatic carbocycles. The third-order valence-electron chi connectivity index (χ3n) is 2.40. The van der Waals surface area contributed by atoms with E-state index in [0.717, 1.165) is 0 Å². The summed E-state index contributed by atoms with van der Waals surface area (Å²) in [5.74, 6) is -1.29. The summed E-state index contributed by atoms with van der Waals surface area (Å²) in [6.45, 7) is 1.63. The molecule has 0 saturated heterocycles. The number of nitrogens with two attached hydrogens (primary N) is 1. The van der Waals surface area contributed by atoms with Gasteiger partial charge in [-0.15, -0.1) is 0 Å². The second-order valence-electron chi connectivity index (χ2n) is 3.97. The molecule has 1 aromatic rings. The lowest BCUT2D eigenvalue weighted by atomic mass is 10.4. The molecule has 8 nitrogen and oxygen atoms in total. The molecule has 0 aliphatic rings. The molecule has 1 heterocycles. The molecule has 0 atom stereocenters. The van der Waals surface area contributed by atoms with Gasteiger partial charge >= 0.3 is 5.97 Å². The molecule has 0 spiro atoms. The van der Waals surface area contributed by atoms with Crippen molar-refractivity contribution < 1.29 is 19.1 Å². The molecule has 0 bridgehead atoms. The number of aryl methyl sites for hydroxylation is 1. The van der Waals surface area contributed by atoms with Crippen molar-refractivity contribution in [1.29, 1.82) is 0 Å². The summed E-state index contributed by atoms with van der Waals surface area (Å²) in [5.41, 5.74) is 5.87. The Morgan fingerprint density at radius 3 is 2.65 bits per heavy atom. The van der Waals surface area contributed by atoms with E-state index in [-0.39, 0.29) is 19.7 Å². The predicted octanol–water partition coefficient (Wildman–Crippen LogP) is -0.785. The van der Waals surface area contributed by atoms with E-state index < -0.39 is 17.8 Å². The van der Waals surface area contributed by atoms with Gasteiger partial charge in [0.25, 0.3) is 0 Å². The number of amides is 2. The van der Waals surface area contributed by atoms with Crippen molar-refractivity contribution in [1.82, 2.24) is 9.88 Å². The van der Waals surface area contributed by atoms with Gasteiger partial charge in [-0.25, -0.2) is 4.79 Å². The van der Waals surface area contributed by atoms with Crippen LogP contribution in [0.25, 0.3) is 0 Å². The molecule has 1 aromatic heterocycles. The number of carbonyl (C=O) groups excluding carboxylic acids is 3. The molecule has 0 unspecified atom stereocenters. The maximum Gasteiger partial charge on any atom is 0.355 e. The molecule has 8 heteroatoms. The number of carbonyl (C=O) groups is 3. The normalized spacial score (nSPS) is 9.95. The van der Waals surface area contributed by atoms with Crippen molar-refractivity contribution in [3.05, 3.63) is 18.0 Å². The minimum atomic E-state index is -0.466. The van der Waals surface area contributed by atoms with E-state index >= 15 is 0 Å². The first-order chi connectivity index (χ1) is 9.47. The third kappa shape index (κ3) is 4.39. The maximum absolute atomic E-state index is 11.6. The van der Waals surface area contributed by atoms with E-state index in [1.165, 1.54) is 6.07 Å². The van der Waals surface area contributed by atoms with Gasteiger partial charge in [0.15, 0.2) is 0 Å². The molecule has 0 fully saturated rings. The van der Waals surface area contributed by atoms with Gasteiger partial charge in [-0.3, -0.25) is 9.59 Å². The van der Waals surface area contributed by atoms with Gasteiger partial charge in [-0.05, 0) is 13.0 Å². The summed E-state index contributed by atoms with van der Waals surface area (Å²) in [7, 11) is 1.66. The number of nitrogens with one attached hydrogen (secondary N) is 2. The SMILES string of the molecule is CCOC(=O)c1cc(NC(=O)CNC(=O)CN)cn1C. The van der Waals surface area contributed by atoms with Crippen LogP contribution < -0.4 is 16.4 Å². The highest BCUT2D eigenvalue weighted by atomic mass is 16.5. The summed E-state index contributed by atoms with van der Waals surface area (Å²) in [4.78, 5) is 34.1. The van der Waals surface area contributed by atoms with Gasteiger partial charge in [0, 0.05) is 13.2 Å². The zero-order valence-corrected chi connectivity index (χ0v) is 11.4. The Bertz CT molecular complexity index is 510. The van der Waals surface area contributed by atoms with Gasteiger partial charge in [0.05, 0.1) is 25.4 Å². The number of ether oxygens (including phenoxy) is 1. The number of hydrogen-bond acceptors (Lipinski definition) is 5. The first-order valence-corrected chi connectivity index (χ1v) is 6.08. The molecule has 4 N–H and O–H groups in total. The number of rotatable bonds is 6. The lowest BCUT2D eigenvalue weighted by molar-refractivity contribution is -0.123. The predicted molar refractivity (Wildman–Crippen MR) is 72.1 cm³/mol. The molecular formula is C12H18N4O4. The van der Waals surface area contributed by atoms with Gasteiger partial charge in [0.2, 0.25) is 11.8 Å². The summed E-state index contributed by atoms with van der Waals surface area (Å²) in [6.07, 6.45) is 1.58. The van der Waals surface area contributed by atoms with Gasteiger partial charge in [-0.1, -0.05) is 0 Å². The smallest absolute Gasteiger partial charge is 0.355 e. The molecule has 20 heavy (non-hydrogen) atoms. The summed E-state index contributed by atoms with van der Waals surface area (Å²) >= 11 is 0.